The number of benzene rings is 3. The Morgan fingerprint density at radius 1 is 0.844 bits per heavy atom. The van der Waals surface area contributed by atoms with Gasteiger partial charge in [-0.1, -0.05) is 36.4 Å². The fraction of sp³-hybridized carbons (Fsp3) is 0.0417. The monoisotopic (exact) mass is 428 g/mol. The molecule has 3 aromatic carbocycles. The first-order chi connectivity index (χ1) is 15.6. The van der Waals surface area contributed by atoms with Gasteiger partial charge in [0, 0.05) is 12.1 Å². The lowest BCUT2D eigenvalue weighted by atomic mass is 10.1. The molecule has 0 atom stereocenters. The van der Waals surface area contributed by atoms with E-state index in [1.54, 1.807) is 24.3 Å². The zero-order valence-electron chi connectivity index (χ0n) is 16.8. The molecule has 0 saturated heterocycles. The fourth-order valence-electron chi connectivity index (χ4n) is 3.49. The van der Waals surface area contributed by atoms with E-state index in [1.807, 2.05) is 30.3 Å². The van der Waals surface area contributed by atoms with Gasteiger partial charge in [-0.3, -0.25) is 0 Å². The van der Waals surface area contributed by atoms with Gasteiger partial charge in [-0.15, -0.1) is 5.10 Å². The highest BCUT2D eigenvalue weighted by Crippen LogP contribution is 2.33. The molecule has 0 aliphatic rings. The molecule has 5 rings (SSSR count). The first-order valence-corrected chi connectivity index (χ1v) is 9.94. The zero-order valence-corrected chi connectivity index (χ0v) is 16.8. The van der Waals surface area contributed by atoms with Crippen LogP contribution in [0.5, 0.6) is 0 Å². The van der Waals surface area contributed by atoms with Crippen LogP contribution in [0.4, 0.5) is 20.5 Å². The number of rotatable bonds is 5. The number of hydrogen-bond acceptors (Lipinski definition) is 5. The highest BCUT2D eigenvalue weighted by Gasteiger charge is 2.19. The molecule has 5 aromatic rings. The number of halogens is 2. The lowest BCUT2D eigenvalue weighted by Gasteiger charge is -2.09. The average Bonchev–Trinajstić information content (AvgIpc) is 3.15. The SMILES string of the molecule is Nc1c2c(-c3ccc(F)cc3)nc(NCc3ccccc3)nc2nn1-c1cccc(F)c1. The Bertz CT molecular complexity index is 1400. The van der Waals surface area contributed by atoms with Gasteiger partial charge in [-0.2, -0.15) is 4.98 Å². The predicted octanol–water partition coefficient (Wildman–Crippen LogP) is 4.96. The van der Waals surface area contributed by atoms with Crippen LogP contribution in [-0.4, -0.2) is 19.7 Å². The summed E-state index contributed by atoms with van der Waals surface area (Å²) in [5.74, 6) is -0.148. The topological polar surface area (TPSA) is 81.7 Å². The fourth-order valence-corrected chi connectivity index (χ4v) is 3.49. The molecular weight excluding hydrogens is 410 g/mol. The quantitative estimate of drug-likeness (QED) is 0.414. The summed E-state index contributed by atoms with van der Waals surface area (Å²) in [6.45, 7) is 0.509. The third kappa shape index (κ3) is 3.74. The van der Waals surface area contributed by atoms with Gasteiger partial charge in [0.2, 0.25) is 5.95 Å². The first-order valence-electron chi connectivity index (χ1n) is 9.94. The average molecular weight is 428 g/mol. The van der Waals surface area contributed by atoms with Crippen LogP contribution in [0.25, 0.3) is 28.0 Å². The Balaban J connectivity index is 1.65. The second-order valence-corrected chi connectivity index (χ2v) is 7.22. The summed E-state index contributed by atoms with van der Waals surface area (Å²) in [6.07, 6.45) is 0. The molecule has 3 N–H and O–H groups in total. The molecular formula is C24H18F2N6. The van der Waals surface area contributed by atoms with Crippen molar-refractivity contribution in [2.45, 2.75) is 6.54 Å². The van der Waals surface area contributed by atoms with Gasteiger partial charge in [-0.25, -0.2) is 18.4 Å². The number of hydrogen-bond donors (Lipinski definition) is 2. The molecule has 0 bridgehead atoms. The normalized spacial score (nSPS) is 11.1. The summed E-state index contributed by atoms with van der Waals surface area (Å²) in [6, 6.07) is 21.7. The van der Waals surface area contributed by atoms with E-state index in [0.29, 0.717) is 40.5 Å². The zero-order chi connectivity index (χ0) is 22.1. The van der Waals surface area contributed by atoms with E-state index < -0.39 is 5.82 Å². The molecule has 32 heavy (non-hydrogen) atoms. The molecule has 158 valence electrons. The summed E-state index contributed by atoms with van der Waals surface area (Å²) >= 11 is 0. The molecule has 0 saturated carbocycles. The Labute approximate surface area is 182 Å². The van der Waals surface area contributed by atoms with Crippen LogP contribution in [0.15, 0.2) is 78.9 Å². The maximum Gasteiger partial charge on any atom is 0.225 e. The summed E-state index contributed by atoms with van der Waals surface area (Å²) in [4.78, 5) is 9.17. The number of nitrogens with one attached hydrogen (secondary N) is 1. The van der Waals surface area contributed by atoms with Crippen molar-refractivity contribution in [2.75, 3.05) is 11.1 Å². The van der Waals surface area contributed by atoms with Crippen LogP contribution >= 0.6 is 0 Å². The Kier molecular flexibility index (Phi) is 4.95. The summed E-state index contributed by atoms with van der Waals surface area (Å²) in [7, 11) is 0. The van der Waals surface area contributed by atoms with Gasteiger partial charge in [0.25, 0.3) is 0 Å². The number of fused-ring (bicyclic) bond motifs is 1. The number of anilines is 2. The smallest absolute Gasteiger partial charge is 0.225 e. The molecule has 6 nitrogen and oxygen atoms in total. The van der Waals surface area contributed by atoms with Crippen LogP contribution in [0.2, 0.25) is 0 Å². The van der Waals surface area contributed by atoms with Gasteiger partial charge in [-0.05, 0) is 48.0 Å². The molecule has 0 amide bonds. The molecule has 8 heteroatoms. The van der Waals surface area contributed by atoms with Crippen molar-refractivity contribution in [3.8, 4) is 16.9 Å². The van der Waals surface area contributed by atoms with E-state index in [9.17, 15) is 8.78 Å². The van der Waals surface area contributed by atoms with Crippen molar-refractivity contribution < 1.29 is 8.78 Å². The van der Waals surface area contributed by atoms with Crippen LogP contribution in [0.3, 0.4) is 0 Å². The van der Waals surface area contributed by atoms with Crippen LogP contribution < -0.4 is 11.1 Å². The molecule has 2 heterocycles. The maximum absolute atomic E-state index is 13.8. The Morgan fingerprint density at radius 3 is 2.38 bits per heavy atom. The largest absolute Gasteiger partial charge is 0.383 e. The minimum Gasteiger partial charge on any atom is -0.383 e. The van der Waals surface area contributed by atoms with E-state index in [0.717, 1.165) is 5.56 Å². The lowest BCUT2D eigenvalue weighted by Crippen LogP contribution is -2.05. The molecule has 0 fully saturated rings. The third-order valence-corrected chi connectivity index (χ3v) is 5.03. The predicted molar refractivity (Wildman–Crippen MR) is 120 cm³/mol. The third-order valence-electron chi connectivity index (χ3n) is 5.03. The van der Waals surface area contributed by atoms with E-state index in [1.165, 1.54) is 28.9 Å². The van der Waals surface area contributed by atoms with Gasteiger partial charge in [0.05, 0.1) is 16.8 Å². The highest BCUT2D eigenvalue weighted by atomic mass is 19.1. The maximum atomic E-state index is 13.8. The van der Waals surface area contributed by atoms with Gasteiger partial charge >= 0.3 is 0 Å². The Morgan fingerprint density at radius 2 is 1.62 bits per heavy atom. The molecule has 0 radical (unpaired) electrons. The number of nitrogens with two attached hydrogens (primary N) is 1. The van der Waals surface area contributed by atoms with Crippen molar-refractivity contribution >= 4 is 22.8 Å². The van der Waals surface area contributed by atoms with Gasteiger partial charge in [0.15, 0.2) is 5.65 Å². The summed E-state index contributed by atoms with van der Waals surface area (Å²) < 4.78 is 28.7. The van der Waals surface area contributed by atoms with Crippen LogP contribution in [0, 0.1) is 11.6 Å². The minimum absolute atomic E-state index is 0.263. The standard InChI is InChI=1S/C24H18F2N6/c25-17-11-9-16(10-12-17)21-20-22(27)32(19-8-4-7-18(26)13-19)31-23(20)30-24(29-21)28-14-15-5-2-1-3-6-15/h1-13H,14,27H2,(H,28,30,31). The van der Waals surface area contributed by atoms with E-state index in [2.05, 4.69) is 20.4 Å². The molecule has 0 spiro atoms. The van der Waals surface area contributed by atoms with Crippen LogP contribution in [-0.2, 0) is 6.54 Å². The van der Waals surface area contributed by atoms with E-state index in [4.69, 9.17) is 5.73 Å². The van der Waals surface area contributed by atoms with E-state index in [-0.39, 0.29) is 11.6 Å². The van der Waals surface area contributed by atoms with Crippen molar-refractivity contribution in [3.63, 3.8) is 0 Å². The second-order valence-electron chi connectivity index (χ2n) is 7.22. The molecule has 0 aliphatic heterocycles. The summed E-state index contributed by atoms with van der Waals surface area (Å²) in [5, 5.41) is 8.21. The Hall–Kier alpha value is -4.33. The first kappa shape index (κ1) is 19.6. The lowest BCUT2D eigenvalue weighted by molar-refractivity contribution is 0.625. The van der Waals surface area contributed by atoms with Crippen LogP contribution in [0.1, 0.15) is 5.56 Å². The molecule has 0 unspecified atom stereocenters. The molecule has 2 aromatic heterocycles. The molecule has 0 aliphatic carbocycles. The van der Waals surface area contributed by atoms with Crippen molar-refractivity contribution in [1.82, 2.24) is 19.7 Å². The number of nitrogen functional groups attached to an aromatic ring is 1. The number of nitrogens with zero attached hydrogens (tertiary/aromatic N) is 4. The highest BCUT2D eigenvalue weighted by molar-refractivity contribution is 5.99. The van der Waals surface area contributed by atoms with E-state index >= 15 is 0 Å². The van der Waals surface area contributed by atoms with Crippen molar-refractivity contribution in [2.24, 2.45) is 0 Å². The second kappa shape index (κ2) is 8.07. The van der Waals surface area contributed by atoms with Gasteiger partial charge in [0.1, 0.15) is 17.5 Å². The summed E-state index contributed by atoms with van der Waals surface area (Å²) in [5.41, 5.74) is 9.44. The van der Waals surface area contributed by atoms with Gasteiger partial charge < -0.3 is 11.1 Å². The van der Waals surface area contributed by atoms with Crippen molar-refractivity contribution in [1.29, 1.82) is 0 Å². The van der Waals surface area contributed by atoms with Crippen molar-refractivity contribution in [3.05, 3.63) is 96.1 Å². The minimum atomic E-state index is -0.406. The number of aromatic nitrogens is 4.